The number of nitrogens with one attached hydrogen (secondary N) is 1. The van der Waals surface area contributed by atoms with Crippen molar-refractivity contribution in [3.8, 4) is 6.07 Å². The van der Waals surface area contributed by atoms with Crippen molar-refractivity contribution < 1.29 is 13.3 Å². The van der Waals surface area contributed by atoms with Crippen LogP contribution in [-0.4, -0.2) is 13.3 Å². The number of thiophene rings is 1. The molecule has 21 heavy (non-hydrogen) atoms. The van der Waals surface area contributed by atoms with E-state index in [4.69, 9.17) is 5.26 Å². The van der Waals surface area contributed by atoms with Gasteiger partial charge in [0.15, 0.2) is 0 Å². The third-order valence-electron chi connectivity index (χ3n) is 2.55. The molecule has 0 aliphatic rings. The van der Waals surface area contributed by atoms with Crippen LogP contribution >= 0.6 is 11.3 Å². The lowest BCUT2D eigenvalue weighted by atomic mass is 10.2. The Kier molecular flexibility index (Phi) is 3.93. The molecule has 0 amide bonds. The minimum Gasteiger partial charge on any atom is -0.272 e. The second kappa shape index (κ2) is 5.51. The van der Waals surface area contributed by atoms with Gasteiger partial charge in [-0.1, -0.05) is 6.07 Å². The molecular formula is C12H9N3O4S2. The Bertz CT molecular complexity index is 850. The van der Waals surface area contributed by atoms with Gasteiger partial charge in [0, 0.05) is 6.07 Å². The zero-order valence-electron chi connectivity index (χ0n) is 10.7. The fourth-order valence-electron chi connectivity index (χ4n) is 1.60. The van der Waals surface area contributed by atoms with E-state index in [0.29, 0.717) is 5.56 Å². The van der Waals surface area contributed by atoms with Gasteiger partial charge in [0.05, 0.1) is 4.92 Å². The summed E-state index contributed by atoms with van der Waals surface area (Å²) in [5.41, 5.74) is 0.209. The summed E-state index contributed by atoms with van der Waals surface area (Å²) >= 11 is 0.795. The summed E-state index contributed by atoms with van der Waals surface area (Å²) in [6.07, 6.45) is 0. The molecule has 0 aliphatic carbocycles. The van der Waals surface area contributed by atoms with Crippen molar-refractivity contribution in [3.05, 3.63) is 50.9 Å². The third-order valence-corrected chi connectivity index (χ3v) is 5.40. The Morgan fingerprint density at radius 2 is 2.05 bits per heavy atom. The number of nitrogens with zero attached hydrogens (tertiary/aromatic N) is 2. The van der Waals surface area contributed by atoms with Gasteiger partial charge in [0.25, 0.3) is 15.7 Å². The van der Waals surface area contributed by atoms with Crippen molar-refractivity contribution in [2.75, 3.05) is 4.72 Å². The molecule has 0 bridgehead atoms. The highest BCUT2D eigenvalue weighted by atomic mass is 32.2. The van der Waals surface area contributed by atoms with Gasteiger partial charge in [-0.2, -0.15) is 5.26 Å². The van der Waals surface area contributed by atoms with Crippen LogP contribution in [0.4, 0.5) is 11.4 Å². The molecular weight excluding hydrogens is 314 g/mol. The highest BCUT2D eigenvalue weighted by Crippen LogP contribution is 2.29. The van der Waals surface area contributed by atoms with E-state index in [1.165, 1.54) is 24.3 Å². The molecule has 0 spiro atoms. The van der Waals surface area contributed by atoms with E-state index in [9.17, 15) is 18.5 Å². The third kappa shape index (κ3) is 3.18. The van der Waals surface area contributed by atoms with Crippen molar-refractivity contribution in [1.82, 2.24) is 0 Å². The van der Waals surface area contributed by atoms with Crippen molar-refractivity contribution in [2.24, 2.45) is 0 Å². The number of benzene rings is 1. The molecule has 9 heteroatoms. The number of sulfonamides is 1. The molecule has 1 aromatic carbocycles. The van der Waals surface area contributed by atoms with Gasteiger partial charge < -0.3 is 0 Å². The Hall–Kier alpha value is -2.44. The highest BCUT2D eigenvalue weighted by molar-refractivity contribution is 7.94. The van der Waals surface area contributed by atoms with E-state index in [1.54, 1.807) is 13.0 Å². The largest absolute Gasteiger partial charge is 0.293 e. The van der Waals surface area contributed by atoms with Crippen molar-refractivity contribution >= 4 is 32.7 Å². The number of rotatable bonds is 4. The molecule has 0 saturated carbocycles. The number of anilines is 1. The van der Waals surface area contributed by atoms with E-state index >= 15 is 0 Å². The lowest BCUT2D eigenvalue weighted by Gasteiger charge is -2.07. The molecule has 1 aromatic heterocycles. The fraction of sp³-hybridized carbons (Fsp3) is 0.0833. The Morgan fingerprint density at radius 1 is 1.33 bits per heavy atom. The Balaban J connectivity index is 2.42. The maximum absolute atomic E-state index is 12.2. The van der Waals surface area contributed by atoms with Gasteiger partial charge >= 0.3 is 0 Å². The van der Waals surface area contributed by atoms with Crippen LogP contribution in [0.3, 0.4) is 0 Å². The Labute approximate surface area is 124 Å². The maximum Gasteiger partial charge on any atom is 0.293 e. The number of hydrogen-bond acceptors (Lipinski definition) is 6. The lowest BCUT2D eigenvalue weighted by molar-refractivity contribution is -0.383. The molecule has 1 N–H and O–H groups in total. The smallest absolute Gasteiger partial charge is 0.272 e. The SMILES string of the molecule is Cc1ccc(NS(=O)(=O)c2ccc(C#N)s2)c([N+](=O)[O-])c1. The first-order valence-electron chi connectivity index (χ1n) is 5.61. The zero-order valence-corrected chi connectivity index (χ0v) is 12.4. The first kappa shape index (κ1) is 15.0. The molecule has 2 rings (SSSR count). The first-order chi connectivity index (χ1) is 9.83. The lowest BCUT2D eigenvalue weighted by Crippen LogP contribution is -2.12. The van der Waals surface area contributed by atoms with Crippen molar-refractivity contribution in [1.29, 1.82) is 5.26 Å². The Morgan fingerprint density at radius 3 is 2.62 bits per heavy atom. The van der Waals surface area contributed by atoms with Crippen LogP contribution in [0, 0.1) is 28.4 Å². The number of hydrogen-bond donors (Lipinski definition) is 1. The van der Waals surface area contributed by atoms with Gasteiger partial charge in [-0.25, -0.2) is 8.42 Å². The molecule has 0 fully saturated rings. The van der Waals surface area contributed by atoms with Gasteiger partial charge in [0.1, 0.15) is 20.8 Å². The van der Waals surface area contributed by atoms with Crippen LogP contribution in [-0.2, 0) is 10.0 Å². The summed E-state index contributed by atoms with van der Waals surface area (Å²) in [7, 11) is -3.96. The van der Waals surface area contributed by atoms with Crippen LogP contribution in [0.1, 0.15) is 10.4 Å². The normalized spacial score (nSPS) is 10.9. The predicted molar refractivity (Wildman–Crippen MR) is 77.7 cm³/mol. The van der Waals surface area contributed by atoms with E-state index < -0.39 is 14.9 Å². The van der Waals surface area contributed by atoms with Gasteiger partial charge in [-0.05, 0) is 30.7 Å². The summed E-state index contributed by atoms with van der Waals surface area (Å²) in [4.78, 5) is 10.6. The van der Waals surface area contributed by atoms with Crippen LogP contribution in [0.5, 0.6) is 0 Å². The summed E-state index contributed by atoms with van der Waals surface area (Å²) in [6.45, 7) is 1.67. The highest BCUT2D eigenvalue weighted by Gasteiger charge is 2.22. The number of nitriles is 1. The average Bonchev–Trinajstić information content (AvgIpc) is 2.90. The van der Waals surface area contributed by atoms with Crippen molar-refractivity contribution in [2.45, 2.75) is 11.1 Å². The predicted octanol–water partition coefficient (Wildman–Crippen LogP) is 2.64. The molecule has 7 nitrogen and oxygen atoms in total. The van der Waals surface area contributed by atoms with E-state index in [0.717, 1.165) is 11.3 Å². The van der Waals surface area contributed by atoms with Crippen LogP contribution in [0.15, 0.2) is 34.5 Å². The molecule has 0 radical (unpaired) electrons. The molecule has 0 unspecified atom stereocenters. The molecule has 0 aliphatic heterocycles. The number of nitro benzene ring substituents is 1. The van der Waals surface area contributed by atoms with E-state index in [-0.39, 0.29) is 20.5 Å². The molecule has 1 heterocycles. The van der Waals surface area contributed by atoms with Gasteiger partial charge in [0.2, 0.25) is 0 Å². The quantitative estimate of drug-likeness (QED) is 0.686. The topological polar surface area (TPSA) is 113 Å². The van der Waals surface area contributed by atoms with E-state index in [1.807, 2.05) is 6.07 Å². The fourth-order valence-corrected chi connectivity index (χ4v) is 3.78. The number of aryl methyl sites for hydroxylation is 1. The minimum atomic E-state index is -3.96. The second-order valence-electron chi connectivity index (χ2n) is 4.11. The van der Waals surface area contributed by atoms with Crippen LogP contribution in [0.25, 0.3) is 0 Å². The second-order valence-corrected chi connectivity index (χ2v) is 7.11. The molecule has 108 valence electrons. The van der Waals surface area contributed by atoms with Crippen molar-refractivity contribution in [3.63, 3.8) is 0 Å². The zero-order chi connectivity index (χ0) is 15.6. The van der Waals surface area contributed by atoms with Gasteiger partial charge in [-0.3, -0.25) is 14.8 Å². The molecule has 0 saturated heterocycles. The van der Waals surface area contributed by atoms with Crippen LogP contribution in [0.2, 0.25) is 0 Å². The summed E-state index contributed by atoms with van der Waals surface area (Å²) in [5, 5.41) is 19.7. The summed E-state index contributed by atoms with van der Waals surface area (Å²) in [6, 6.07) is 8.69. The summed E-state index contributed by atoms with van der Waals surface area (Å²) < 4.78 is 26.4. The minimum absolute atomic E-state index is 0.0751. The summed E-state index contributed by atoms with van der Waals surface area (Å²) in [5.74, 6) is 0. The van der Waals surface area contributed by atoms with Crippen LogP contribution < -0.4 is 4.72 Å². The standard InChI is InChI=1S/C12H9N3O4S2/c1-8-2-4-10(11(6-8)15(16)17)14-21(18,19)12-5-3-9(7-13)20-12/h2-6,14H,1H3. The van der Waals surface area contributed by atoms with Gasteiger partial charge in [-0.15, -0.1) is 11.3 Å². The maximum atomic E-state index is 12.2. The number of nitro groups is 1. The first-order valence-corrected chi connectivity index (χ1v) is 7.91. The monoisotopic (exact) mass is 323 g/mol. The van der Waals surface area contributed by atoms with E-state index in [2.05, 4.69) is 4.72 Å². The molecule has 2 aromatic rings. The average molecular weight is 323 g/mol. The molecule has 0 atom stereocenters.